The first kappa shape index (κ1) is 20.0. The van der Waals surface area contributed by atoms with E-state index in [1.165, 1.54) is 28.8 Å². The standard InChI is InChI=1S/C27H25FN4O/c1-16-15-19(28)10-11-21(16)29-27-30-25-20(7-4-8-23(25)33-2)26(31-27)32-14-13-18-6-3-5-17-9-12-22(32)24(17)18/h3-8,10-11,15,22H,9,12-14H2,1-2H3,(H,29,30,31). The summed E-state index contributed by atoms with van der Waals surface area (Å²) < 4.78 is 19.3. The molecule has 1 unspecified atom stereocenters. The maximum absolute atomic E-state index is 13.6. The smallest absolute Gasteiger partial charge is 0.229 e. The number of rotatable bonds is 4. The lowest BCUT2D eigenvalue weighted by molar-refractivity contribution is 0.419. The molecule has 6 heteroatoms. The molecule has 4 aromatic rings. The summed E-state index contributed by atoms with van der Waals surface area (Å²) in [6, 6.07) is 17.7. The van der Waals surface area contributed by atoms with Crippen LogP contribution in [0, 0.1) is 12.7 Å². The van der Waals surface area contributed by atoms with Crippen LogP contribution in [-0.2, 0) is 12.8 Å². The maximum atomic E-state index is 13.6. The van der Waals surface area contributed by atoms with Gasteiger partial charge in [-0.2, -0.15) is 4.98 Å². The fraction of sp³-hybridized carbons (Fsp3) is 0.259. The Kier molecular flexibility index (Phi) is 4.68. The third-order valence-corrected chi connectivity index (χ3v) is 6.90. The zero-order chi connectivity index (χ0) is 22.5. The summed E-state index contributed by atoms with van der Waals surface area (Å²) in [7, 11) is 1.66. The number of anilines is 3. The van der Waals surface area contributed by atoms with Crippen molar-refractivity contribution in [2.24, 2.45) is 0 Å². The molecule has 2 heterocycles. The van der Waals surface area contributed by atoms with Crippen molar-refractivity contribution in [3.05, 3.63) is 82.7 Å². The summed E-state index contributed by atoms with van der Waals surface area (Å²) in [6.45, 7) is 2.77. The van der Waals surface area contributed by atoms with Gasteiger partial charge in [0, 0.05) is 17.6 Å². The second-order valence-corrected chi connectivity index (χ2v) is 8.80. The summed E-state index contributed by atoms with van der Waals surface area (Å²) in [5, 5.41) is 4.29. The van der Waals surface area contributed by atoms with Crippen molar-refractivity contribution >= 4 is 28.4 Å². The molecule has 1 aliphatic heterocycles. The molecule has 1 aromatic heterocycles. The highest BCUT2D eigenvalue weighted by atomic mass is 19.1. The number of aromatic nitrogens is 2. The molecule has 33 heavy (non-hydrogen) atoms. The van der Waals surface area contributed by atoms with Gasteiger partial charge in [-0.05, 0) is 78.8 Å². The van der Waals surface area contributed by atoms with E-state index in [0.717, 1.165) is 53.8 Å². The van der Waals surface area contributed by atoms with Gasteiger partial charge >= 0.3 is 0 Å². The minimum Gasteiger partial charge on any atom is -0.494 e. The molecule has 0 saturated carbocycles. The maximum Gasteiger partial charge on any atom is 0.229 e. The van der Waals surface area contributed by atoms with Gasteiger partial charge in [-0.1, -0.05) is 24.3 Å². The van der Waals surface area contributed by atoms with E-state index in [-0.39, 0.29) is 5.82 Å². The molecule has 1 atom stereocenters. The highest BCUT2D eigenvalue weighted by molar-refractivity contribution is 5.95. The van der Waals surface area contributed by atoms with Crippen molar-refractivity contribution in [3.8, 4) is 5.75 Å². The Labute approximate surface area is 192 Å². The van der Waals surface area contributed by atoms with Gasteiger partial charge in [0.05, 0.1) is 13.2 Å². The molecule has 2 aliphatic rings. The van der Waals surface area contributed by atoms with E-state index in [1.807, 2.05) is 19.1 Å². The molecule has 6 rings (SSSR count). The van der Waals surface area contributed by atoms with Crippen molar-refractivity contribution in [3.63, 3.8) is 0 Å². The quantitative estimate of drug-likeness (QED) is 0.429. The normalized spacial score (nSPS) is 16.7. The minimum absolute atomic E-state index is 0.260. The highest BCUT2D eigenvalue weighted by Crippen LogP contribution is 2.45. The number of ether oxygens (including phenoxy) is 1. The van der Waals surface area contributed by atoms with Crippen molar-refractivity contribution in [2.45, 2.75) is 32.2 Å². The van der Waals surface area contributed by atoms with E-state index in [1.54, 1.807) is 13.2 Å². The van der Waals surface area contributed by atoms with Gasteiger partial charge in [-0.3, -0.25) is 0 Å². The van der Waals surface area contributed by atoms with Crippen molar-refractivity contribution in [1.82, 2.24) is 9.97 Å². The van der Waals surface area contributed by atoms with Gasteiger partial charge in [0.25, 0.3) is 0 Å². The van der Waals surface area contributed by atoms with E-state index in [2.05, 4.69) is 34.5 Å². The number of para-hydroxylation sites is 1. The van der Waals surface area contributed by atoms with Crippen molar-refractivity contribution < 1.29 is 9.13 Å². The second kappa shape index (κ2) is 7.73. The molecular formula is C27H25FN4O. The van der Waals surface area contributed by atoms with E-state index in [9.17, 15) is 4.39 Å². The molecule has 0 saturated heterocycles. The number of benzene rings is 3. The molecule has 0 bridgehead atoms. The van der Waals surface area contributed by atoms with Crippen LogP contribution in [0.2, 0.25) is 0 Å². The predicted octanol–water partition coefficient (Wildman–Crippen LogP) is 5.88. The summed E-state index contributed by atoms with van der Waals surface area (Å²) in [4.78, 5) is 12.2. The Hall–Kier alpha value is -3.67. The molecule has 0 radical (unpaired) electrons. The topological polar surface area (TPSA) is 50.3 Å². The molecule has 0 spiro atoms. The number of nitrogens with one attached hydrogen (secondary N) is 1. The van der Waals surface area contributed by atoms with Gasteiger partial charge in [0.15, 0.2) is 0 Å². The largest absolute Gasteiger partial charge is 0.494 e. The zero-order valence-corrected chi connectivity index (χ0v) is 18.7. The summed E-state index contributed by atoms with van der Waals surface area (Å²) in [5.74, 6) is 1.84. The van der Waals surface area contributed by atoms with Gasteiger partial charge in [0.2, 0.25) is 5.95 Å². The first-order valence-corrected chi connectivity index (χ1v) is 11.4. The average molecular weight is 441 g/mol. The highest BCUT2D eigenvalue weighted by Gasteiger charge is 2.35. The molecule has 166 valence electrons. The molecular weight excluding hydrogens is 415 g/mol. The number of methoxy groups -OCH3 is 1. The van der Waals surface area contributed by atoms with Crippen LogP contribution in [0.3, 0.4) is 0 Å². The second-order valence-electron chi connectivity index (χ2n) is 8.80. The van der Waals surface area contributed by atoms with E-state index in [4.69, 9.17) is 14.7 Å². The fourth-order valence-corrected chi connectivity index (χ4v) is 5.37. The average Bonchev–Trinajstić information content (AvgIpc) is 3.26. The molecule has 0 amide bonds. The summed E-state index contributed by atoms with van der Waals surface area (Å²) in [6.07, 6.45) is 3.17. The monoisotopic (exact) mass is 440 g/mol. The van der Waals surface area contributed by atoms with Gasteiger partial charge in [-0.25, -0.2) is 9.37 Å². The molecule has 0 fully saturated rings. The van der Waals surface area contributed by atoms with Crippen molar-refractivity contribution in [2.75, 3.05) is 23.9 Å². The number of hydrogen-bond acceptors (Lipinski definition) is 5. The van der Waals surface area contributed by atoms with Crippen molar-refractivity contribution in [1.29, 1.82) is 0 Å². The third kappa shape index (κ3) is 3.28. The van der Waals surface area contributed by atoms with Gasteiger partial charge in [0.1, 0.15) is 22.9 Å². The number of aryl methyl sites for hydroxylation is 2. The molecule has 1 aliphatic carbocycles. The molecule has 3 aromatic carbocycles. The van der Waals surface area contributed by atoms with Crippen LogP contribution in [-0.4, -0.2) is 23.6 Å². The lowest BCUT2D eigenvalue weighted by atomic mass is 9.93. The Morgan fingerprint density at radius 3 is 2.67 bits per heavy atom. The Morgan fingerprint density at radius 1 is 1.03 bits per heavy atom. The van der Waals surface area contributed by atoms with E-state index < -0.39 is 0 Å². The predicted molar refractivity (Wildman–Crippen MR) is 129 cm³/mol. The Morgan fingerprint density at radius 2 is 1.85 bits per heavy atom. The number of fused-ring (bicyclic) bond motifs is 1. The van der Waals surface area contributed by atoms with E-state index >= 15 is 0 Å². The van der Waals surface area contributed by atoms with Crippen LogP contribution in [0.15, 0.2) is 54.6 Å². The fourth-order valence-electron chi connectivity index (χ4n) is 5.37. The number of nitrogens with zero attached hydrogens (tertiary/aromatic N) is 3. The molecule has 5 nitrogen and oxygen atoms in total. The Balaban J connectivity index is 1.50. The lowest BCUT2D eigenvalue weighted by Gasteiger charge is -2.36. The van der Waals surface area contributed by atoms with E-state index in [0.29, 0.717) is 17.7 Å². The first-order valence-electron chi connectivity index (χ1n) is 11.4. The SMILES string of the molecule is COc1cccc2c(N3CCc4cccc5c4C3CC5)nc(Nc3ccc(F)cc3C)nc12. The van der Waals surface area contributed by atoms with Gasteiger partial charge < -0.3 is 15.0 Å². The van der Waals surface area contributed by atoms with Crippen LogP contribution in [0.5, 0.6) is 5.75 Å². The first-order chi connectivity index (χ1) is 16.1. The number of halogens is 1. The number of hydrogen-bond donors (Lipinski definition) is 1. The Bertz CT molecular complexity index is 1390. The zero-order valence-electron chi connectivity index (χ0n) is 18.7. The van der Waals surface area contributed by atoms with Crippen LogP contribution in [0.4, 0.5) is 21.8 Å². The molecule has 1 N–H and O–H groups in total. The van der Waals surface area contributed by atoms with Gasteiger partial charge in [-0.15, -0.1) is 0 Å². The minimum atomic E-state index is -0.260. The third-order valence-electron chi connectivity index (χ3n) is 6.90. The van der Waals surface area contributed by atoms with Crippen LogP contribution < -0.4 is 15.0 Å². The summed E-state index contributed by atoms with van der Waals surface area (Å²) in [5.41, 5.74) is 6.74. The van der Waals surface area contributed by atoms with Crippen LogP contribution >= 0.6 is 0 Å². The van der Waals surface area contributed by atoms with Crippen LogP contribution in [0.1, 0.15) is 34.7 Å². The lowest BCUT2D eigenvalue weighted by Crippen LogP contribution is -2.35. The van der Waals surface area contributed by atoms with Crippen LogP contribution in [0.25, 0.3) is 10.9 Å². The summed E-state index contributed by atoms with van der Waals surface area (Å²) >= 11 is 0.